The number of amides is 3. The van der Waals surface area contributed by atoms with Crippen LogP contribution >= 0.6 is 0 Å². The van der Waals surface area contributed by atoms with Crippen LogP contribution in [0.25, 0.3) is 0 Å². The van der Waals surface area contributed by atoms with Crippen molar-refractivity contribution in [1.82, 2.24) is 4.90 Å². The zero-order valence-corrected chi connectivity index (χ0v) is 16.1. The molecule has 2 aromatic carbocycles. The van der Waals surface area contributed by atoms with Gasteiger partial charge in [-0.15, -0.1) is 0 Å². The van der Waals surface area contributed by atoms with Crippen LogP contribution in [0.5, 0.6) is 0 Å². The molecule has 0 aliphatic rings. The van der Waals surface area contributed by atoms with E-state index in [2.05, 4.69) is 31.4 Å². The predicted octanol–water partition coefficient (Wildman–Crippen LogP) is 4.26. The summed E-state index contributed by atoms with van der Waals surface area (Å²) in [6.07, 6.45) is 0.347. The van der Waals surface area contributed by atoms with E-state index in [-0.39, 0.29) is 17.4 Å². The van der Waals surface area contributed by atoms with Crippen LogP contribution in [0, 0.1) is 0 Å². The average molecular weight is 353 g/mol. The number of rotatable bonds is 4. The fourth-order valence-electron chi connectivity index (χ4n) is 2.39. The third kappa shape index (κ3) is 5.62. The molecule has 3 amide bonds. The Morgan fingerprint density at radius 3 is 1.73 bits per heavy atom. The second-order valence-corrected chi connectivity index (χ2v) is 7.57. The first-order valence-electron chi connectivity index (χ1n) is 8.63. The van der Waals surface area contributed by atoms with Crippen molar-refractivity contribution < 1.29 is 9.59 Å². The minimum atomic E-state index is -0.300. The third-order valence-electron chi connectivity index (χ3n) is 4.07. The number of benzene rings is 2. The molecule has 2 N–H and O–H groups in total. The molecule has 0 atom stereocenters. The van der Waals surface area contributed by atoms with Crippen LogP contribution in [0.15, 0.2) is 48.5 Å². The molecule has 0 unspecified atom stereocenters. The van der Waals surface area contributed by atoms with E-state index in [1.165, 1.54) is 5.56 Å². The standard InChI is InChI=1S/C21H27N3O2/c1-21(2,3)16-8-12-18(13-9-16)23-20(26)22-17-10-6-15(7-11-17)14-19(25)24(4)5/h6-13H,14H2,1-5H3,(H2,22,23,26). The van der Waals surface area contributed by atoms with Crippen LogP contribution in [-0.4, -0.2) is 30.9 Å². The fourth-order valence-corrected chi connectivity index (χ4v) is 2.39. The lowest BCUT2D eigenvalue weighted by Crippen LogP contribution is -2.23. The summed E-state index contributed by atoms with van der Waals surface area (Å²) in [5.74, 6) is 0.0437. The molecule has 5 nitrogen and oxygen atoms in total. The van der Waals surface area contributed by atoms with Crippen molar-refractivity contribution in [3.05, 3.63) is 59.7 Å². The summed E-state index contributed by atoms with van der Waals surface area (Å²) in [6.45, 7) is 6.45. The summed E-state index contributed by atoms with van der Waals surface area (Å²) >= 11 is 0. The number of carbonyl (C=O) groups is 2. The van der Waals surface area contributed by atoms with Gasteiger partial charge in [0.15, 0.2) is 0 Å². The van der Waals surface area contributed by atoms with Gasteiger partial charge in [-0.25, -0.2) is 4.79 Å². The second-order valence-electron chi connectivity index (χ2n) is 7.57. The first-order valence-corrected chi connectivity index (χ1v) is 8.63. The third-order valence-corrected chi connectivity index (χ3v) is 4.07. The number of hydrogen-bond donors (Lipinski definition) is 2. The lowest BCUT2D eigenvalue weighted by molar-refractivity contribution is -0.127. The largest absolute Gasteiger partial charge is 0.349 e. The van der Waals surface area contributed by atoms with Gasteiger partial charge in [0, 0.05) is 25.5 Å². The van der Waals surface area contributed by atoms with Gasteiger partial charge in [0.1, 0.15) is 0 Å². The minimum Gasteiger partial charge on any atom is -0.349 e. The smallest absolute Gasteiger partial charge is 0.323 e. The van der Waals surface area contributed by atoms with Gasteiger partial charge in [-0.05, 0) is 40.8 Å². The van der Waals surface area contributed by atoms with Crippen molar-refractivity contribution >= 4 is 23.3 Å². The number of nitrogens with zero attached hydrogens (tertiary/aromatic N) is 1. The number of likely N-dealkylation sites (N-methyl/N-ethyl adjacent to an activating group) is 1. The van der Waals surface area contributed by atoms with E-state index in [0.29, 0.717) is 12.1 Å². The highest BCUT2D eigenvalue weighted by Gasteiger charge is 2.13. The molecule has 2 rings (SSSR count). The van der Waals surface area contributed by atoms with Crippen molar-refractivity contribution in [2.24, 2.45) is 0 Å². The van der Waals surface area contributed by atoms with E-state index < -0.39 is 0 Å². The molecule has 138 valence electrons. The molecular formula is C21H27N3O2. The lowest BCUT2D eigenvalue weighted by Gasteiger charge is -2.19. The van der Waals surface area contributed by atoms with Crippen molar-refractivity contribution in [2.45, 2.75) is 32.6 Å². The number of carbonyl (C=O) groups excluding carboxylic acids is 2. The molecule has 0 bridgehead atoms. The van der Waals surface area contributed by atoms with E-state index >= 15 is 0 Å². The quantitative estimate of drug-likeness (QED) is 0.863. The summed E-state index contributed by atoms with van der Waals surface area (Å²) in [4.78, 5) is 25.4. The van der Waals surface area contributed by atoms with Gasteiger partial charge < -0.3 is 15.5 Å². The maximum absolute atomic E-state index is 12.1. The van der Waals surface area contributed by atoms with Gasteiger partial charge in [0.2, 0.25) is 5.91 Å². The van der Waals surface area contributed by atoms with Gasteiger partial charge in [-0.2, -0.15) is 0 Å². The Morgan fingerprint density at radius 1 is 0.846 bits per heavy atom. The first-order chi connectivity index (χ1) is 12.1. The highest BCUT2D eigenvalue weighted by Crippen LogP contribution is 2.23. The highest BCUT2D eigenvalue weighted by molar-refractivity contribution is 5.99. The van der Waals surface area contributed by atoms with Crippen LogP contribution in [-0.2, 0) is 16.6 Å². The molecule has 0 saturated heterocycles. The molecular weight excluding hydrogens is 326 g/mol. The molecule has 0 heterocycles. The summed E-state index contributed by atoms with van der Waals surface area (Å²) in [5.41, 5.74) is 3.62. The topological polar surface area (TPSA) is 61.4 Å². The number of hydrogen-bond acceptors (Lipinski definition) is 2. The van der Waals surface area contributed by atoms with Gasteiger partial charge in [-0.3, -0.25) is 4.79 Å². The summed E-state index contributed by atoms with van der Waals surface area (Å²) < 4.78 is 0. The van der Waals surface area contributed by atoms with Crippen LogP contribution in [0.4, 0.5) is 16.2 Å². The van der Waals surface area contributed by atoms with Crippen LogP contribution in [0.3, 0.4) is 0 Å². The van der Waals surface area contributed by atoms with Gasteiger partial charge >= 0.3 is 6.03 Å². The Labute approximate surface area is 155 Å². The normalized spacial score (nSPS) is 11.0. The van der Waals surface area contributed by atoms with Crippen molar-refractivity contribution in [3.63, 3.8) is 0 Å². The fraction of sp³-hybridized carbons (Fsp3) is 0.333. The molecule has 0 spiro atoms. The highest BCUT2D eigenvalue weighted by atomic mass is 16.2. The lowest BCUT2D eigenvalue weighted by atomic mass is 9.87. The minimum absolute atomic E-state index is 0.0437. The zero-order valence-electron chi connectivity index (χ0n) is 16.1. The number of anilines is 2. The molecule has 0 fully saturated rings. The van der Waals surface area contributed by atoms with Crippen LogP contribution in [0.1, 0.15) is 31.9 Å². The van der Waals surface area contributed by atoms with Crippen molar-refractivity contribution in [2.75, 3.05) is 24.7 Å². The summed E-state index contributed by atoms with van der Waals surface area (Å²) in [6, 6.07) is 14.8. The van der Waals surface area contributed by atoms with E-state index in [0.717, 1.165) is 11.3 Å². The SMILES string of the molecule is CN(C)C(=O)Cc1ccc(NC(=O)Nc2ccc(C(C)(C)C)cc2)cc1. The molecule has 0 aliphatic heterocycles. The van der Waals surface area contributed by atoms with Gasteiger partial charge in [0.25, 0.3) is 0 Å². The average Bonchev–Trinajstić information content (AvgIpc) is 2.56. The Hall–Kier alpha value is -2.82. The zero-order chi connectivity index (χ0) is 19.3. The molecule has 0 aliphatic carbocycles. The Kier molecular flexibility index (Phi) is 6.03. The summed E-state index contributed by atoms with van der Waals surface area (Å²) in [5, 5.41) is 5.61. The van der Waals surface area contributed by atoms with Gasteiger partial charge in [-0.1, -0.05) is 45.0 Å². The monoisotopic (exact) mass is 353 g/mol. The molecule has 0 aromatic heterocycles. The molecule has 2 aromatic rings. The Balaban J connectivity index is 1.92. The molecule has 0 radical (unpaired) electrons. The maximum Gasteiger partial charge on any atom is 0.323 e. The first kappa shape index (κ1) is 19.5. The Morgan fingerprint density at radius 2 is 1.31 bits per heavy atom. The number of urea groups is 1. The van der Waals surface area contributed by atoms with E-state index in [4.69, 9.17) is 0 Å². The van der Waals surface area contributed by atoms with E-state index in [9.17, 15) is 9.59 Å². The van der Waals surface area contributed by atoms with Crippen molar-refractivity contribution in [3.8, 4) is 0 Å². The Bertz CT molecular complexity index is 757. The molecule has 5 heteroatoms. The van der Waals surface area contributed by atoms with Gasteiger partial charge in [0.05, 0.1) is 6.42 Å². The summed E-state index contributed by atoms with van der Waals surface area (Å²) in [7, 11) is 3.47. The van der Waals surface area contributed by atoms with Crippen molar-refractivity contribution in [1.29, 1.82) is 0 Å². The predicted molar refractivity (Wildman–Crippen MR) is 107 cm³/mol. The second kappa shape index (κ2) is 8.04. The maximum atomic E-state index is 12.1. The van der Waals surface area contributed by atoms with Crippen LogP contribution < -0.4 is 10.6 Å². The molecule has 26 heavy (non-hydrogen) atoms. The van der Waals surface area contributed by atoms with Crippen LogP contribution in [0.2, 0.25) is 0 Å². The molecule has 0 saturated carbocycles. The van der Waals surface area contributed by atoms with E-state index in [1.807, 2.05) is 36.4 Å². The number of nitrogens with one attached hydrogen (secondary N) is 2. The van der Waals surface area contributed by atoms with E-state index in [1.54, 1.807) is 31.1 Å².